The maximum Gasteiger partial charge on any atom is 0.225 e. The summed E-state index contributed by atoms with van der Waals surface area (Å²) in [5, 5.41) is 13.6. The van der Waals surface area contributed by atoms with Crippen molar-refractivity contribution < 1.29 is 4.79 Å². The molecule has 5 rings (SSSR count). The van der Waals surface area contributed by atoms with E-state index in [9.17, 15) is 4.79 Å². The van der Waals surface area contributed by atoms with Crippen LogP contribution in [0, 0.1) is 5.92 Å². The van der Waals surface area contributed by atoms with Gasteiger partial charge in [-0.15, -0.1) is 10.2 Å². The van der Waals surface area contributed by atoms with Crippen LogP contribution in [0.1, 0.15) is 25.7 Å². The van der Waals surface area contributed by atoms with E-state index in [0.717, 1.165) is 60.9 Å². The largest absolute Gasteiger partial charge is 0.370 e. The zero-order valence-corrected chi connectivity index (χ0v) is 13.9. The Morgan fingerprint density at radius 3 is 3.04 bits per heavy atom. The molecule has 3 aromatic heterocycles. The first-order valence-electron chi connectivity index (χ1n) is 8.93. The lowest BCUT2D eigenvalue weighted by atomic mass is 9.96. The SMILES string of the molecule is O=C(NC1CC1)C1CCCN(c2ccnc3nnc4[nH]ccc4c23)C1. The summed E-state index contributed by atoms with van der Waals surface area (Å²) in [6.07, 6.45) is 7.87. The average molecular weight is 336 g/mol. The summed E-state index contributed by atoms with van der Waals surface area (Å²) in [5.74, 6) is 0.256. The van der Waals surface area contributed by atoms with Crippen LogP contribution >= 0.6 is 0 Å². The predicted octanol–water partition coefficient (Wildman–Crippen LogP) is 2.00. The molecule has 0 spiro atoms. The quantitative estimate of drug-likeness (QED) is 0.764. The maximum atomic E-state index is 12.5. The van der Waals surface area contributed by atoms with Gasteiger partial charge in [-0.25, -0.2) is 4.98 Å². The number of rotatable bonds is 3. The molecule has 1 aliphatic heterocycles. The van der Waals surface area contributed by atoms with Gasteiger partial charge in [0.2, 0.25) is 5.91 Å². The first-order valence-corrected chi connectivity index (χ1v) is 8.93. The fraction of sp³-hybridized carbons (Fsp3) is 0.444. The number of pyridine rings is 1. The van der Waals surface area contributed by atoms with Crippen molar-refractivity contribution in [3.63, 3.8) is 0 Å². The number of aromatic nitrogens is 4. The van der Waals surface area contributed by atoms with Crippen LogP contribution in [0.25, 0.3) is 22.1 Å². The molecule has 128 valence electrons. The lowest BCUT2D eigenvalue weighted by Crippen LogP contribution is -2.43. The van der Waals surface area contributed by atoms with Crippen LogP contribution in [0.2, 0.25) is 0 Å². The van der Waals surface area contributed by atoms with Crippen LogP contribution in [-0.4, -0.2) is 45.2 Å². The molecule has 3 aromatic rings. The van der Waals surface area contributed by atoms with E-state index in [1.165, 1.54) is 0 Å². The Kier molecular flexibility index (Phi) is 3.33. The number of hydrogen-bond donors (Lipinski definition) is 2. The van der Waals surface area contributed by atoms with Crippen LogP contribution in [0.5, 0.6) is 0 Å². The maximum absolute atomic E-state index is 12.5. The molecule has 7 nitrogen and oxygen atoms in total. The van der Waals surface area contributed by atoms with E-state index in [4.69, 9.17) is 0 Å². The minimum Gasteiger partial charge on any atom is -0.370 e. The summed E-state index contributed by atoms with van der Waals surface area (Å²) in [7, 11) is 0. The van der Waals surface area contributed by atoms with Crippen molar-refractivity contribution in [3.05, 3.63) is 24.5 Å². The molecule has 2 fully saturated rings. The van der Waals surface area contributed by atoms with E-state index >= 15 is 0 Å². The monoisotopic (exact) mass is 336 g/mol. The van der Waals surface area contributed by atoms with Gasteiger partial charge in [0, 0.05) is 36.9 Å². The molecule has 0 radical (unpaired) electrons. The second kappa shape index (κ2) is 5.68. The zero-order chi connectivity index (χ0) is 16.8. The van der Waals surface area contributed by atoms with E-state index in [1.54, 1.807) is 6.20 Å². The van der Waals surface area contributed by atoms with E-state index in [-0.39, 0.29) is 11.8 Å². The number of hydrogen-bond acceptors (Lipinski definition) is 5. The lowest BCUT2D eigenvalue weighted by molar-refractivity contribution is -0.125. The van der Waals surface area contributed by atoms with Crippen LogP contribution in [0.4, 0.5) is 5.69 Å². The Hall–Kier alpha value is -2.70. The highest BCUT2D eigenvalue weighted by Crippen LogP contribution is 2.33. The number of carbonyl (C=O) groups is 1. The number of nitrogens with one attached hydrogen (secondary N) is 2. The van der Waals surface area contributed by atoms with Gasteiger partial charge in [-0.2, -0.15) is 0 Å². The van der Waals surface area contributed by atoms with Crippen molar-refractivity contribution in [1.82, 2.24) is 25.5 Å². The number of anilines is 1. The number of H-pyrrole nitrogens is 1. The highest BCUT2D eigenvalue weighted by Gasteiger charge is 2.31. The van der Waals surface area contributed by atoms with Crippen molar-refractivity contribution in [1.29, 1.82) is 0 Å². The van der Waals surface area contributed by atoms with Crippen molar-refractivity contribution in [3.8, 4) is 0 Å². The van der Waals surface area contributed by atoms with Crippen molar-refractivity contribution >= 4 is 33.7 Å². The van der Waals surface area contributed by atoms with Gasteiger partial charge in [0.15, 0.2) is 11.3 Å². The number of piperidine rings is 1. The number of fused-ring (bicyclic) bond motifs is 3. The van der Waals surface area contributed by atoms with Gasteiger partial charge in [-0.3, -0.25) is 4.79 Å². The van der Waals surface area contributed by atoms with Crippen LogP contribution in [0.3, 0.4) is 0 Å². The van der Waals surface area contributed by atoms with Crippen molar-refractivity contribution in [2.24, 2.45) is 5.92 Å². The van der Waals surface area contributed by atoms with Crippen LogP contribution in [-0.2, 0) is 4.79 Å². The standard InChI is InChI=1S/C18H20N6O/c25-18(21-12-3-4-12)11-2-1-9-24(10-11)14-6-8-20-17-15(14)13-5-7-19-16(13)22-23-17/h5-8,11-12H,1-4,9-10H2,(H,19,22)(H,21,25). The van der Waals surface area contributed by atoms with E-state index in [1.807, 2.05) is 18.3 Å². The number of nitrogens with zero attached hydrogens (tertiary/aromatic N) is 4. The first-order chi connectivity index (χ1) is 12.3. The summed E-state index contributed by atoms with van der Waals surface area (Å²) in [5.41, 5.74) is 2.50. The fourth-order valence-electron chi connectivity index (χ4n) is 3.74. The van der Waals surface area contributed by atoms with Gasteiger partial charge in [0.1, 0.15) is 0 Å². The molecule has 1 saturated heterocycles. The normalized spacial score (nSPS) is 21.0. The van der Waals surface area contributed by atoms with Gasteiger partial charge < -0.3 is 15.2 Å². The molecule has 1 aliphatic carbocycles. The third-order valence-electron chi connectivity index (χ3n) is 5.20. The highest BCUT2D eigenvalue weighted by atomic mass is 16.2. The Bertz CT molecular complexity index is 947. The molecule has 0 aromatic carbocycles. The fourth-order valence-corrected chi connectivity index (χ4v) is 3.74. The van der Waals surface area contributed by atoms with Gasteiger partial charge in [0.05, 0.1) is 17.0 Å². The Labute approximate surface area is 144 Å². The molecule has 2 aliphatic rings. The van der Waals surface area contributed by atoms with Crippen molar-refractivity contribution in [2.75, 3.05) is 18.0 Å². The molecule has 1 atom stereocenters. The van der Waals surface area contributed by atoms with Gasteiger partial charge in [-0.1, -0.05) is 0 Å². The highest BCUT2D eigenvalue weighted by molar-refractivity contribution is 6.08. The van der Waals surface area contributed by atoms with E-state index < -0.39 is 0 Å². The molecular formula is C18H20N6O. The smallest absolute Gasteiger partial charge is 0.225 e. The molecule has 1 unspecified atom stereocenters. The van der Waals surface area contributed by atoms with Crippen LogP contribution in [0.15, 0.2) is 24.5 Å². The minimum atomic E-state index is 0.0501. The second-order valence-electron chi connectivity index (χ2n) is 7.04. The van der Waals surface area contributed by atoms with E-state index in [0.29, 0.717) is 11.7 Å². The number of amides is 1. The number of carbonyl (C=O) groups excluding carboxylic acids is 1. The second-order valence-corrected chi connectivity index (χ2v) is 7.04. The average Bonchev–Trinajstić information content (AvgIpc) is 3.33. The summed E-state index contributed by atoms with van der Waals surface area (Å²) in [6.45, 7) is 1.69. The molecule has 25 heavy (non-hydrogen) atoms. The van der Waals surface area contributed by atoms with E-state index in [2.05, 4.69) is 30.4 Å². The molecule has 7 heteroatoms. The van der Waals surface area contributed by atoms with Gasteiger partial charge in [0.25, 0.3) is 0 Å². The van der Waals surface area contributed by atoms with Crippen molar-refractivity contribution in [2.45, 2.75) is 31.7 Å². The molecular weight excluding hydrogens is 316 g/mol. The lowest BCUT2D eigenvalue weighted by Gasteiger charge is -2.34. The molecule has 1 saturated carbocycles. The molecule has 1 amide bonds. The molecule has 2 N–H and O–H groups in total. The summed E-state index contributed by atoms with van der Waals surface area (Å²) < 4.78 is 0. The van der Waals surface area contributed by atoms with Crippen LogP contribution < -0.4 is 10.2 Å². The zero-order valence-electron chi connectivity index (χ0n) is 13.9. The van der Waals surface area contributed by atoms with Gasteiger partial charge in [-0.05, 0) is 37.8 Å². The Morgan fingerprint density at radius 2 is 2.16 bits per heavy atom. The predicted molar refractivity (Wildman–Crippen MR) is 95.3 cm³/mol. The Balaban J connectivity index is 1.51. The Morgan fingerprint density at radius 1 is 1.24 bits per heavy atom. The minimum absolute atomic E-state index is 0.0501. The molecule has 0 bridgehead atoms. The summed E-state index contributed by atoms with van der Waals surface area (Å²) >= 11 is 0. The molecule has 4 heterocycles. The summed E-state index contributed by atoms with van der Waals surface area (Å²) in [4.78, 5) is 22.3. The number of aromatic amines is 1. The first kappa shape index (κ1) is 14.6. The van der Waals surface area contributed by atoms with Gasteiger partial charge >= 0.3 is 0 Å². The third-order valence-corrected chi connectivity index (χ3v) is 5.20. The topological polar surface area (TPSA) is 86.8 Å². The third kappa shape index (κ3) is 2.59. The summed E-state index contributed by atoms with van der Waals surface area (Å²) in [6, 6.07) is 4.45.